The third-order valence-electron chi connectivity index (χ3n) is 2.80. The van der Waals surface area contributed by atoms with Crippen LogP contribution in [-0.2, 0) is 0 Å². The van der Waals surface area contributed by atoms with Gasteiger partial charge in [-0.05, 0) is 25.2 Å². The van der Waals surface area contributed by atoms with Crippen molar-refractivity contribution in [3.05, 3.63) is 0 Å². The standard InChI is InChI=1S/C10H21NO/c1-9-3-2-4-10(6-5-9)11-7-8-12/h9-12H,2-8H2,1H3. The molecule has 0 spiro atoms. The molecule has 1 aliphatic carbocycles. The molecule has 2 N–H and O–H groups in total. The number of hydrogen-bond donors (Lipinski definition) is 2. The summed E-state index contributed by atoms with van der Waals surface area (Å²) in [5.41, 5.74) is 0. The first-order valence-electron chi connectivity index (χ1n) is 5.17. The Labute approximate surface area is 75.4 Å². The Bertz CT molecular complexity index is 114. The number of aliphatic hydroxyl groups is 1. The molecule has 0 aromatic carbocycles. The molecule has 0 saturated heterocycles. The van der Waals surface area contributed by atoms with Crippen LogP contribution >= 0.6 is 0 Å². The Kier molecular flexibility index (Phi) is 4.62. The molecule has 0 amide bonds. The van der Waals surface area contributed by atoms with E-state index in [1.807, 2.05) is 0 Å². The summed E-state index contributed by atoms with van der Waals surface area (Å²) in [6.07, 6.45) is 6.68. The minimum atomic E-state index is 0.270. The highest BCUT2D eigenvalue weighted by Gasteiger charge is 2.14. The van der Waals surface area contributed by atoms with E-state index in [0.717, 1.165) is 12.5 Å². The maximum absolute atomic E-state index is 8.66. The van der Waals surface area contributed by atoms with Crippen molar-refractivity contribution < 1.29 is 5.11 Å². The normalized spacial score (nSPS) is 31.5. The molecule has 0 aliphatic heterocycles. The van der Waals surface area contributed by atoms with Gasteiger partial charge in [0.1, 0.15) is 0 Å². The van der Waals surface area contributed by atoms with Gasteiger partial charge in [-0.25, -0.2) is 0 Å². The molecule has 2 atom stereocenters. The van der Waals surface area contributed by atoms with Gasteiger partial charge >= 0.3 is 0 Å². The molecule has 12 heavy (non-hydrogen) atoms. The molecule has 1 aliphatic rings. The van der Waals surface area contributed by atoms with Gasteiger partial charge in [0.25, 0.3) is 0 Å². The first-order valence-corrected chi connectivity index (χ1v) is 5.17. The predicted molar refractivity (Wildman–Crippen MR) is 51.1 cm³/mol. The van der Waals surface area contributed by atoms with E-state index < -0.39 is 0 Å². The second-order valence-electron chi connectivity index (χ2n) is 3.99. The molecular formula is C10H21NO. The zero-order chi connectivity index (χ0) is 8.81. The molecule has 2 unspecified atom stereocenters. The SMILES string of the molecule is CC1CCCC(NCCO)CC1. The third-order valence-corrected chi connectivity index (χ3v) is 2.80. The van der Waals surface area contributed by atoms with Crippen molar-refractivity contribution in [2.24, 2.45) is 5.92 Å². The molecule has 1 rings (SSSR count). The Hall–Kier alpha value is -0.0800. The van der Waals surface area contributed by atoms with Crippen LogP contribution in [-0.4, -0.2) is 24.3 Å². The second kappa shape index (κ2) is 5.55. The van der Waals surface area contributed by atoms with E-state index in [1.165, 1.54) is 32.1 Å². The maximum Gasteiger partial charge on any atom is 0.0556 e. The van der Waals surface area contributed by atoms with E-state index in [9.17, 15) is 0 Å². The van der Waals surface area contributed by atoms with Gasteiger partial charge in [0.2, 0.25) is 0 Å². The molecule has 2 heteroatoms. The summed E-state index contributed by atoms with van der Waals surface area (Å²) in [6, 6.07) is 0.669. The lowest BCUT2D eigenvalue weighted by Crippen LogP contribution is -2.30. The van der Waals surface area contributed by atoms with E-state index in [4.69, 9.17) is 5.11 Å². The van der Waals surface area contributed by atoms with Crippen molar-refractivity contribution in [3.63, 3.8) is 0 Å². The Balaban J connectivity index is 2.17. The summed E-state index contributed by atoms with van der Waals surface area (Å²) in [5, 5.41) is 12.0. The summed E-state index contributed by atoms with van der Waals surface area (Å²) in [4.78, 5) is 0. The van der Waals surface area contributed by atoms with Crippen molar-refractivity contribution in [1.82, 2.24) is 5.32 Å². The van der Waals surface area contributed by atoms with Gasteiger partial charge in [-0.1, -0.05) is 19.8 Å². The molecule has 0 heterocycles. The molecule has 0 aromatic rings. The zero-order valence-corrected chi connectivity index (χ0v) is 8.05. The first kappa shape index (κ1) is 10.0. The van der Waals surface area contributed by atoms with Crippen LogP contribution in [0.5, 0.6) is 0 Å². The van der Waals surface area contributed by atoms with Crippen LogP contribution in [0.15, 0.2) is 0 Å². The van der Waals surface area contributed by atoms with Crippen LogP contribution in [0.1, 0.15) is 39.0 Å². The molecule has 1 saturated carbocycles. The average Bonchev–Trinajstić information content (AvgIpc) is 2.27. The van der Waals surface area contributed by atoms with Crippen LogP contribution in [0.25, 0.3) is 0 Å². The van der Waals surface area contributed by atoms with Gasteiger partial charge in [-0.3, -0.25) is 0 Å². The molecule has 72 valence electrons. The van der Waals surface area contributed by atoms with Crippen molar-refractivity contribution in [2.75, 3.05) is 13.2 Å². The van der Waals surface area contributed by atoms with Crippen LogP contribution in [0.4, 0.5) is 0 Å². The fourth-order valence-corrected chi connectivity index (χ4v) is 1.96. The largest absolute Gasteiger partial charge is 0.395 e. The van der Waals surface area contributed by atoms with Crippen LogP contribution < -0.4 is 5.32 Å². The Morgan fingerprint density at radius 1 is 1.25 bits per heavy atom. The van der Waals surface area contributed by atoms with Crippen LogP contribution in [0.2, 0.25) is 0 Å². The number of nitrogens with one attached hydrogen (secondary N) is 1. The lowest BCUT2D eigenvalue weighted by Gasteiger charge is -2.14. The molecular weight excluding hydrogens is 150 g/mol. The van der Waals surface area contributed by atoms with Gasteiger partial charge in [0, 0.05) is 12.6 Å². The fraction of sp³-hybridized carbons (Fsp3) is 1.00. The highest BCUT2D eigenvalue weighted by atomic mass is 16.3. The van der Waals surface area contributed by atoms with E-state index in [2.05, 4.69) is 12.2 Å². The van der Waals surface area contributed by atoms with E-state index in [-0.39, 0.29) is 6.61 Å². The number of aliphatic hydroxyl groups excluding tert-OH is 1. The van der Waals surface area contributed by atoms with Crippen molar-refractivity contribution in [3.8, 4) is 0 Å². The fourth-order valence-electron chi connectivity index (χ4n) is 1.96. The maximum atomic E-state index is 8.66. The highest BCUT2D eigenvalue weighted by molar-refractivity contribution is 4.72. The smallest absolute Gasteiger partial charge is 0.0556 e. The van der Waals surface area contributed by atoms with E-state index >= 15 is 0 Å². The summed E-state index contributed by atoms with van der Waals surface area (Å²) in [6.45, 7) is 3.37. The van der Waals surface area contributed by atoms with Gasteiger partial charge in [-0.2, -0.15) is 0 Å². The predicted octanol–water partition coefficient (Wildman–Crippen LogP) is 1.54. The van der Waals surface area contributed by atoms with Crippen molar-refractivity contribution in [2.45, 2.75) is 45.1 Å². The summed E-state index contributed by atoms with van der Waals surface area (Å²) < 4.78 is 0. The minimum Gasteiger partial charge on any atom is -0.395 e. The number of rotatable bonds is 3. The van der Waals surface area contributed by atoms with Crippen molar-refractivity contribution >= 4 is 0 Å². The third kappa shape index (κ3) is 3.55. The van der Waals surface area contributed by atoms with E-state index in [0.29, 0.717) is 6.04 Å². The lowest BCUT2D eigenvalue weighted by atomic mass is 10.0. The molecule has 0 aromatic heterocycles. The number of hydrogen-bond acceptors (Lipinski definition) is 2. The molecule has 2 nitrogen and oxygen atoms in total. The summed E-state index contributed by atoms with van der Waals surface area (Å²) >= 11 is 0. The van der Waals surface area contributed by atoms with Crippen molar-refractivity contribution in [1.29, 1.82) is 0 Å². The average molecular weight is 171 g/mol. The molecule has 1 fully saturated rings. The van der Waals surface area contributed by atoms with Gasteiger partial charge in [0.15, 0.2) is 0 Å². The quantitative estimate of drug-likeness (QED) is 0.631. The first-order chi connectivity index (χ1) is 5.83. The monoisotopic (exact) mass is 171 g/mol. The second-order valence-corrected chi connectivity index (χ2v) is 3.99. The van der Waals surface area contributed by atoms with Crippen LogP contribution in [0, 0.1) is 5.92 Å². The summed E-state index contributed by atoms with van der Waals surface area (Å²) in [7, 11) is 0. The summed E-state index contributed by atoms with van der Waals surface area (Å²) in [5.74, 6) is 0.908. The minimum absolute atomic E-state index is 0.270. The van der Waals surface area contributed by atoms with E-state index in [1.54, 1.807) is 0 Å². The highest BCUT2D eigenvalue weighted by Crippen LogP contribution is 2.22. The zero-order valence-electron chi connectivity index (χ0n) is 8.05. The molecule has 0 bridgehead atoms. The topological polar surface area (TPSA) is 32.3 Å². The van der Waals surface area contributed by atoms with Gasteiger partial charge in [0.05, 0.1) is 6.61 Å². The Morgan fingerprint density at radius 3 is 2.83 bits per heavy atom. The van der Waals surface area contributed by atoms with Crippen LogP contribution in [0.3, 0.4) is 0 Å². The Morgan fingerprint density at radius 2 is 2.08 bits per heavy atom. The van der Waals surface area contributed by atoms with Gasteiger partial charge < -0.3 is 10.4 Å². The lowest BCUT2D eigenvalue weighted by molar-refractivity contribution is 0.280. The molecule has 0 radical (unpaired) electrons. The van der Waals surface area contributed by atoms with Gasteiger partial charge in [-0.15, -0.1) is 0 Å².